The van der Waals surface area contributed by atoms with Gasteiger partial charge in [-0.25, -0.2) is 4.39 Å². The summed E-state index contributed by atoms with van der Waals surface area (Å²) in [5.41, 5.74) is 3.86. The molecular formula is C20H19FN2O2. The number of likely N-dealkylation sites (N-methyl/N-ethyl adjacent to an activating group) is 1. The second-order valence-corrected chi connectivity index (χ2v) is 6.11. The molecule has 0 saturated heterocycles. The fourth-order valence-corrected chi connectivity index (χ4v) is 3.05. The number of hydrogen-bond acceptors (Lipinski definition) is 3. The largest absolute Gasteiger partial charge is 0.350 e. The maximum Gasteiger partial charge on any atom is 0.278 e. The quantitative estimate of drug-likeness (QED) is 0.866. The van der Waals surface area contributed by atoms with Gasteiger partial charge in [-0.05, 0) is 61.7 Å². The van der Waals surface area contributed by atoms with Crippen molar-refractivity contribution >= 4 is 23.1 Å². The second kappa shape index (κ2) is 6.51. The molecular weight excluding hydrogens is 319 g/mol. The molecule has 0 aliphatic carbocycles. The van der Waals surface area contributed by atoms with Gasteiger partial charge in [0.2, 0.25) is 0 Å². The van der Waals surface area contributed by atoms with Gasteiger partial charge in [0.1, 0.15) is 11.5 Å². The first-order valence-corrected chi connectivity index (χ1v) is 8.12. The molecule has 0 fully saturated rings. The SMILES string of the molecule is CCN1C(=O)C(Nc2cc(C)cc(C)c2)=C(c2ccc(F)cc2)C1=O. The Bertz CT molecular complexity index is 865. The van der Waals surface area contributed by atoms with Crippen molar-refractivity contribution in [3.63, 3.8) is 0 Å². The predicted octanol–water partition coefficient (Wildman–Crippen LogP) is 3.65. The molecule has 2 aromatic rings. The minimum Gasteiger partial charge on any atom is -0.350 e. The van der Waals surface area contributed by atoms with Gasteiger partial charge in [-0.15, -0.1) is 0 Å². The number of imide groups is 1. The van der Waals surface area contributed by atoms with E-state index in [9.17, 15) is 14.0 Å². The Morgan fingerprint density at radius 1 is 0.960 bits per heavy atom. The minimum atomic E-state index is -0.391. The van der Waals surface area contributed by atoms with Crippen LogP contribution in [0.15, 0.2) is 48.2 Å². The molecule has 0 aromatic heterocycles. The van der Waals surface area contributed by atoms with Gasteiger partial charge in [-0.2, -0.15) is 0 Å². The fourth-order valence-electron chi connectivity index (χ4n) is 3.05. The molecule has 0 saturated carbocycles. The number of nitrogens with zero attached hydrogens (tertiary/aromatic N) is 1. The van der Waals surface area contributed by atoms with Crippen molar-refractivity contribution in [3.05, 3.63) is 70.7 Å². The summed E-state index contributed by atoms with van der Waals surface area (Å²) in [6.07, 6.45) is 0. The van der Waals surface area contributed by atoms with Gasteiger partial charge in [-0.1, -0.05) is 18.2 Å². The number of halogens is 1. The van der Waals surface area contributed by atoms with Gasteiger partial charge in [-0.3, -0.25) is 14.5 Å². The second-order valence-electron chi connectivity index (χ2n) is 6.11. The molecule has 4 nitrogen and oxygen atoms in total. The lowest BCUT2D eigenvalue weighted by molar-refractivity contribution is -0.136. The Kier molecular flexibility index (Phi) is 4.40. The topological polar surface area (TPSA) is 49.4 Å². The average molecular weight is 338 g/mol. The van der Waals surface area contributed by atoms with E-state index in [1.165, 1.54) is 29.2 Å². The van der Waals surface area contributed by atoms with Gasteiger partial charge < -0.3 is 5.32 Å². The van der Waals surface area contributed by atoms with Crippen LogP contribution in [0.1, 0.15) is 23.6 Å². The summed E-state index contributed by atoms with van der Waals surface area (Å²) in [5, 5.41) is 3.10. The predicted molar refractivity (Wildman–Crippen MR) is 95.3 cm³/mol. The van der Waals surface area contributed by atoms with Crippen LogP contribution in [0.3, 0.4) is 0 Å². The van der Waals surface area contributed by atoms with Crippen LogP contribution in [-0.4, -0.2) is 23.3 Å². The zero-order valence-corrected chi connectivity index (χ0v) is 14.4. The molecule has 0 atom stereocenters. The van der Waals surface area contributed by atoms with Crippen molar-refractivity contribution in [1.82, 2.24) is 4.90 Å². The van der Waals surface area contributed by atoms with Gasteiger partial charge >= 0.3 is 0 Å². The van der Waals surface area contributed by atoms with Gasteiger partial charge in [0.25, 0.3) is 11.8 Å². The summed E-state index contributed by atoms with van der Waals surface area (Å²) in [6.45, 7) is 5.96. The number of carbonyl (C=O) groups excluding carboxylic acids is 2. The highest BCUT2D eigenvalue weighted by Gasteiger charge is 2.38. The molecule has 3 rings (SSSR count). The van der Waals surface area contributed by atoms with Gasteiger partial charge in [0.15, 0.2) is 0 Å². The maximum absolute atomic E-state index is 13.2. The molecule has 1 aliphatic heterocycles. The molecule has 25 heavy (non-hydrogen) atoms. The molecule has 0 spiro atoms. The van der Waals surface area contributed by atoms with E-state index in [0.717, 1.165) is 16.8 Å². The van der Waals surface area contributed by atoms with Crippen LogP contribution >= 0.6 is 0 Å². The van der Waals surface area contributed by atoms with Crippen LogP contribution in [0.5, 0.6) is 0 Å². The van der Waals surface area contributed by atoms with Crippen LogP contribution < -0.4 is 5.32 Å². The lowest BCUT2D eigenvalue weighted by atomic mass is 10.0. The van der Waals surface area contributed by atoms with Crippen LogP contribution in [0.2, 0.25) is 0 Å². The molecule has 0 bridgehead atoms. The van der Waals surface area contributed by atoms with Crippen molar-refractivity contribution in [3.8, 4) is 0 Å². The molecule has 0 unspecified atom stereocenters. The number of carbonyl (C=O) groups is 2. The van der Waals surface area contributed by atoms with Crippen molar-refractivity contribution in [2.24, 2.45) is 0 Å². The third-order valence-corrected chi connectivity index (χ3v) is 4.11. The zero-order chi connectivity index (χ0) is 18.1. The van der Waals surface area contributed by atoms with Crippen molar-refractivity contribution in [2.45, 2.75) is 20.8 Å². The molecule has 5 heteroatoms. The van der Waals surface area contributed by atoms with E-state index >= 15 is 0 Å². The third kappa shape index (κ3) is 3.18. The normalized spacial score (nSPS) is 14.5. The van der Waals surface area contributed by atoms with Crippen molar-refractivity contribution in [1.29, 1.82) is 0 Å². The molecule has 128 valence electrons. The highest BCUT2D eigenvalue weighted by atomic mass is 19.1. The van der Waals surface area contributed by atoms with E-state index in [2.05, 4.69) is 5.32 Å². The van der Waals surface area contributed by atoms with Crippen molar-refractivity contribution < 1.29 is 14.0 Å². The minimum absolute atomic E-state index is 0.225. The van der Waals surface area contributed by atoms with Crippen LogP contribution in [0, 0.1) is 19.7 Å². The molecule has 0 radical (unpaired) electrons. The number of amides is 2. The number of benzene rings is 2. The Morgan fingerprint density at radius 2 is 1.56 bits per heavy atom. The monoisotopic (exact) mass is 338 g/mol. The van der Waals surface area contributed by atoms with Crippen LogP contribution in [0.4, 0.5) is 10.1 Å². The van der Waals surface area contributed by atoms with Gasteiger partial charge in [0.05, 0.1) is 5.57 Å². The molecule has 1 N–H and O–H groups in total. The maximum atomic E-state index is 13.2. The Morgan fingerprint density at radius 3 is 2.12 bits per heavy atom. The molecule has 2 aromatic carbocycles. The Hall–Kier alpha value is -2.95. The zero-order valence-electron chi connectivity index (χ0n) is 14.4. The summed E-state index contributed by atoms with van der Waals surface area (Å²) in [7, 11) is 0. The number of aryl methyl sites for hydroxylation is 2. The molecule has 1 heterocycles. The summed E-state index contributed by atoms with van der Waals surface area (Å²) in [4.78, 5) is 26.5. The van der Waals surface area contributed by atoms with E-state index in [4.69, 9.17) is 0 Å². The van der Waals surface area contributed by atoms with Crippen LogP contribution in [-0.2, 0) is 9.59 Å². The highest BCUT2D eigenvalue weighted by molar-refractivity contribution is 6.36. The average Bonchev–Trinajstić information content (AvgIpc) is 2.78. The van der Waals surface area contributed by atoms with E-state index in [-0.39, 0.29) is 29.6 Å². The van der Waals surface area contributed by atoms with E-state index in [1.54, 1.807) is 6.92 Å². The van der Waals surface area contributed by atoms with E-state index < -0.39 is 5.82 Å². The summed E-state index contributed by atoms with van der Waals surface area (Å²) in [6, 6.07) is 11.4. The summed E-state index contributed by atoms with van der Waals surface area (Å²) < 4.78 is 13.2. The lowest BCUT2D eigenvalue weighted by Crippen LogP contribution is -2.32. The number of nitrogens with one attached hydrogen (secondary N) is 1. The standard InChI is InChI=1S/C20H19FN2O2/c1-4-23-19(24)17(14-5-7-15(21)8-6-14)18(20(23)25)22-16-10-12(2)9-13(3)11-16/h5-11,22H,4H2,1-3H3. The molecule has 1 aliphatic rings. The number of anilines is 1. The fraction of sp³-hybridized carbons (Fsp3) is 0.200. The Balaban J connectivity index is 2.10. The number of hydrogen-bond donors (Lipinski definition) is 1. The first-order valence-electron chi connectivity index (χ1n) is 8.12. The lowest BCUT2D eigenvalue weighted by Gasteiger charge is -2.12. The van der Waals surface area contributed by atoms with Crippen molar-refractivity contribution in [2.75, 3.05) is 11.9 Å². The smallest absolute Gasteiger partial charge is 0.278 e. The van der Waals surface area contributed by atoms with Crippen LogP contribution in [0.25, 0.3) is 5.57 Å². The first kappa shape index (κ1) is 16.9. The Labute approximate surface area is 146 Å². The summed E-state index contributed by atoms with van der Waals surface area (Å²) >= 11 is 0. The highest BCUT2D eigenvalue weighted by Crippen LogP contribution is 2.30. The third-order valence-electron chi connectivity index (χ3n) is 4.11. The first-order chi connectivity index (χ1) is 11.9. The summed E-state index contributed by atoms with van der Waals surface area (Å²) in [5.74, 6) is -1.13. The van der Waals surface area contributed by atoms with E-state index in [0.29, 0.717) is 5.56 Å². The van der Waals surface area contributed by atoms with Gasteiger partial charge in [0, 0.05) is 12.2 Å². The van der Waals surface area contributed by atoms with E-state index in [1.807, 2.05) is 32.0 Å². The molecule has 2 amide bonds. The number of rotatable bonds is 4.